The van der Waals surface area contributed by atoms with Crippen LogP contribution >= 0.6 is 0 Å². The van der Waals surface area contributed by atoms with E-state index in [-0.39, 0.29) is 6.04 Å². The maximum Gasteiger partial charge on any atom is 0.126 e. The number of rotatable bonds is 4. The van der Waals surface area contributed by atoms with Crippen LogP contribution in [-0.4, -0.2) is 19.7 Å². The lowest BCUT2D eigenvalue weighted by Gasteiger charge is -2.27. The van der Waals surface area contributed by atoms with E-state index < -0.39 is 0 Å². The van der Waals surface area contributed by atoms with Gasteiger partial charge in [0.2, 0.25) is 0 Å². The molecule has 0 radical (unpaired) electrons. The number of nitrogens with one attached hydrogen (secondary N) is 1. The fourth-order valence-electron chi connectivity index (χ4n) is 3.10. The Bertz CT molecular complexity index is 425. The molecular formula is C16H26N2O. The van der Waals surface area contributed by atoms with Gasteiger partial charge in [0.1, 0.15) is 5.75 Å². The lowest BCUT2D eigenvalue weighted by molar-refractivity contribution is 0.354. The molecule has 0 aromatic heterocycles. The molecule has 2 atom stereocenters. The third-order valence-electron chi connectivity index (χ3n) is 4.00. The van der Waals surface area contributed by atoms with Gasteiger partial charge in [-0.05, 0) is 45.2 Å². The smallest absolute Gasteiger partial charge is 0.126 e. The van der Waals surface area contributed by atoms with Crippen LogP contribution < -0.4 is 15.8 Å². The summed E-state index contributed by atoms with van der Waals surface area (Å²) in [5, 5.41) is 3.57. The van der Waals surface area contributed by atoms with Gasteiger partial charge in [-0.2, -0.15) is 0 Å². The number of piperidine rings is 1. The third-order valence-corrected chi connectivity index (χ3v) is 4.00. The second-order valence-corrected chi connectivity index (χ2v) is 5.69. The minimum absolute atomic E-state index is 0.0455. The maximum atomic E-state index is 6.42. The maximum absolute atomic E-state index is 6.42. The van der Waals surface area contributed by atoms with E-state index in [4.69, 9.17) is 10.5 Å². The van der Waals surface area contributed by atoms with E-state index in [1.165, 1.54) is 30.4 Å². The first kappa shape index (κ1) is 14.4. The molecule has 1 saturated heterocycles. The van der Waals surface area contributed by atoms with Crippen molar-refractivity contribution in [2.45, 2.75) is 51.6 Å². The van der Waals surface area contributed by atoms with E-state index in [1.54, 1.807) is 7.11 Å². The largest absolute Gasteiger partial charge is 0.496 e. The van der Waals surface area contributed by atoms with Crippen molar-refractivity contribution in [1.82, 2.24) is 5.32 Å². The average molecular weight is 262 g/mol. The highest BCUT2D eigenvalue weighted by molar-refractivity contribution is 5.45. The molecule has 3 heteroatoms. The number of benzene rings is 1. The molecule has 0 saturated carbocycles. The second-order valence-electron chi connectivity index (χ2n) is 5.69. The number of nitrogens with two attached hydrogens (primary N) is 1. The number of methoxy groups -OCH3 is 1. The van der Waals surface area contributed by atoms with Crippen molar-refractivity contribution in [1.29, 1.82) is 0 Å². The molecule has 106 valence electrons. The Morgan fingerprint density at radius 3 is 2.79 bits per heavy atom. The first-order valence-electron chi connectivity index (χ1n) is 7.26. The summed E-state index contributed by atoms with van der Waals surface area (Å²) in [6, 6.07) is 4.91. The van der Waals surface area contributed by atoms with Gasteiger partial charge in [-0.3, -0.25) is 0 Å². The van der Waals surface area contributed by atoms with Crippen LogP contribution in [-0.2, 0) is 0 Å². The van der Waals surface area contributed by atoms with Crippen molar-refractivity contribution in [2.75, 3.05) is 13.7 Å². The Hall–Kier alpha value is -1.06. The Morgan fingerprint density at radius 2 is 2.16 bits per heavy atom. The molecule has 1 heterocycles. The predicted octanol–water partition coefficient (Wildman–Crippen LogP) is 2.84. The molecule has 2 unspecified atom stereocenters. The van der Waals surface area contributed by atoms with Crippen LogP contribution in [0.25, 0.3) is 0 Å². The minimum atomic E-state index is 0.0455. The van der Waals surface area contributed by atoms with Crippen LogP contribution in [0.1, 0.15) is 48.4 Å². The summed E-state index contributed by atoms with van der Waals surface area (Å²) in [6.07, 6.45) is 4.83. The fourth-order valence-corrected chi connectivity index (χ4v) is 3.10. The number of ether oxygens (including phenoxy) is 1. The molecule has 2 rings (SSSR count). The van der Waals surface area contributed by atoms with Crippen molar-refractivity contribution in [3.63, 3.8) is 0 Å². The van der Waals surface area contributed by atoms with Gasteiger partial charge in [-0.1, -0.05) is 24.1 Å². The van der Waals surface area contributed by atoms with Gasteiger partial charge in [-0.25, -0.2) is 0 Å². The van der Waals surface area contributed by atoms with E-state index in [0.717, 1.165) is 24.3 Å². The number of aryl methyl sites for hydroxylation is 2. The zero-order valence-electron chi connectivity index (χ0n) is 12.3. The Kier molecular flexibility index (Phi) is 4.83. The molecule has 1 aliphatic rings. The van der Waals surface area contributed by atoms with E-state index in [9.17, 15) is 0 Å². The number of hydrogen-bond acceptors (Lipinski definition) is 3. The molecule has 3 N–H and O–H groups in total. The summed E-state index contributed by atoms with van der Waals surface area (Å²) >= 11 is 0. The summed E-state index contributed by atoms with van der Waals surface area (Å²) in [7, 11) is 1.73. The third kappa shape index (κ3) is 3.48. The van der Waals surface area contributed by atoms with Crippen LogP contribution in [0.5, 0.6) is 5.75 Å². The SMILES string of the molecule is COc1c(C)cc(C)cc1C(N)CC1CCCCN1. The molecule has 1 aromatic carbocycles. The van der Waals surface area contributed by atoms with Crippen molar-refractivity contribution in [3.8, 4) is 5.75 Å². The van der Waals surface area contributed by atoms with Crippen LogP contribution in [0.15, 0.2) is 12.1 Å². The standard InChI is InChI=1S/C16H26N2O/c1-11-8-12(2)16(19-3)14(9-11)15(17)10-13-6-4-5-7-18-13/h8-9,13,15,18H,4-7,10,17H2,1-3H3. The molecule has 0 bridgehead atoms. The van der Waals surface area contributed by atoms with Gasteiger partial charge in [0, 0.05) is 17.6 Å². The van der Waals surface area contributed by atoms with Gasteiger partial charge < -0.3 is 15.8 Å². The fraction of sp³-hybridized carbons (Fsp3) is 0.625. The average Bonchev–Trinajstić information content (AvgIpc) is 2.39. The molecule has 19 heavy (non-hydrogen) atoms. The zero-order chi connectivity index (χ0) is 13.8. The van der Waals surface area contributed by atoms with Gasteiger partial charge in [0.25, 0.3) is 0 Å². The van der Waals surface area contributed by atoms with Crippen molar-refractivity contribution in [2.24, 2.45) is 5.73 Å². The van der Waals surface area contributed by atoms with Crippen molar-refractivity contribution < 1.29 is 4.74 Å². The molecule has 1 aromatic rings. The highest BCUT2D eigenvalue weighted by Gasteiger charge is 2.20. The molecule has 0 aliphatic carbocycles. The highest BCUT2D eigenvalue weighted by atomic mass is 16.5. The zero-order valence-corrected chi connectivity index (χ0v) is 12.3. The molecule has 1 aliphatic heterocycles. The Balaban J connectivity index is 2.15. The summed E-state index contributed by atoms with van der Waals surface area (Å²) < 4.78 is 5.54. The van der Waals surface area contributed by atoms with Gasteiger partial charge in [0.05, 0.1) is 7.11 Å². The lowest BCUT2D eigenvalue weighted by Crippen LogP contribution is -2.36. The Morgan fingerprint density at radius 1 is 1.37 bits per heavy atom. The molecule has 0 spiro atoms. The van der Waals surface area contributed by atoms with Gasteiger partial charge >= 0.3 is 0 Å². The molecule has 3 nitrogen and oxygen atoms in total. The minimum Gasteiger partial charge on any atom is -0.496 e. The van der Waals surface area contributed by atoms with Crippen LogP contribution in [0.4, 0.5) is 0 Å². The van der Waals surface area contributed by atoms with Crippen molar-refractivity contribution in [3.05, 3.63) is 28.8 Å². The first-order valence-corrected chi connectivity index (χ1v) is 7.26. The number of hydrogen-bond donors (Lipinski definition) is 2. The summed E-state index contributed by atoms with van der Waals surface area (Å²) in [6.45, 7) is 5.32. The normalized spacial score (nSPS) is 21.2. The summed E-state index contributed by atoms with van der Waals surface area (Å²) in [4.78, 5) is 0. The second kappa shape index (κ2) is 6.40. The lowest BCUT2D eigenvalue weighted by atomic mass is 9.92. The molecule has 1 fully saturated rings. The molecule has 0 amide bonds. The van der Waals surface area contributed by atoms with Gasteiger partial charge in [-0.15, -0.1) is 0 Å². The highest BCUT2D eigenvalue weighted by Crippen LogP contribution is 2.31. The Labute approximate surface area is 116 Å². The van der Waals surface area contributed by atoms with Crippen LogP contribution in [0.2, 0.25) is 0 Å². The monoisotopic (exact) mass is 262 g/mol. The summed E-state index contributed by atoms with van der Waals surface area (Å²) in [5.41, 5.74) is 9.99. The van der Waals surface area contributed by atoms with E-state index in [1.807, 2.05) is 0 Å². The summed E-state index contributed by atoms with van der Waals surface area (Å²) in [5.74, 6) is 0.953. The first-order chi connectivity index (χ1) is 9.11. The van der Waals surface area contributed by atoms with Crippen molar-refractivity contribution >= 4 is 0 Å². The van der Waals surface area contributed by atoms with E-state index in [2.05, 4.69) is 31.3 Å². The van der Waals surface area contributed by atoms with E-state index >= 15 is 0 Å². The quantitative estimate of drug-likeness (QED) is 0.877. The molecular weight excluding hydrogens is 236 g/mol. The van der Waals surface area contributed by atoms with Gasteiger partial charge in [0.15, 0.2) is 0 Å². The predicted molar refractivity (Wildman–Crippen MR) is 79.7 cm³/mol. The van der Waals surface area contributed by atoms with E-state index in [0.29, 0.717) is 6.04 Å². The van der Waals surface area contributed by atoms with Crippen LogP contribution in [0, 0.1) is 13.8 Å². The van der Waals surface area contributed by atoms with Crippen LogP contribution in [0.3, 0.4) is 0 Å². The topological polar surface area (TPSA) is 47.3 Å².